The van der Waals surface area contributed by atoms with Crippen LogP contribution in [-0.2, 0) is 4.74 Å². The highest BCUT2D eigenvalue weighted by Crippen LogP contribution is 2.13. The number of amides is 1. The van der Waals surface area contributed by atoms with Crippen molar-refractivity contribution < 1.29 is 13.9 Å². The van der Waals surface area contributed by atoms with Crippen molar-refractivity contribution >= 4 is 17.6 Å². The highest BCUT2D eigenvalue weighted by Gasteiger charge is 2.16. The molecule has 2 aromatic rings. The number of carbonyl (C=O) groups excluding carboxylic acids is 1. The Labute approximate surface area is 152 Å². The lowest BCUT2D eigenvalue weighted by Gasteiger charge is -2.14. The lowest BCUT2D eigenvalue weighted by molar-refractivity contribution is 0.0975. The molecule has 1 aliphatic heterocycles. The number of guanidine groups is 1. The third-order valence-corrected chi connectivity index (χ3v) is 4.10. The van der Waals surface area contributed by atoms with Gasteiger partial charge in [0.25, 0.3) is 5.91 Å². The number of hydrogen-bond acceptors (Lipinski definition) is 3. The van der Waals surface area contributed by atoms with E-state index in [1.54, 1.807) is 0 Å². The van der Waals surface area contributed by atoms with E-state index in [4.69, 9.17) is 4.74 Å². The summed E-state index contributed by atoms with van der Waals surface area (Å²) in [6.45, 7) is 3.21. The summed E-state index contributed by atoms with van der Waals surface area (Å²) in [6, 6.07) is 13.2. The molecule has 0 spiro atoms. The van der Waals surface area contributed by atoms with E-state index in [1.165, 1.54) is 24.3 Å². The molecular formula is C20H22FN3O2. The molecule has 1 saturated heterocycles. The third-order valence-electron chi connectivity index (χ3n) is 4.10. The van der Waals surface area contributed by atoms with Crippen molar-refractivity contribution in [3.8, 4) is 0 Å². The Morgan fingerprint density at radius 1 is 1.27 bits per heavy atom. The summed E-state index contributed by atoms with van der Waals surface area (Å²) >= 11 is 0. The molecule has 2 N–H and O–H groups in total. The van der Waals surface area contributed by atoms with Gasteiger partial charge in [0.15, 0.2) is 0 Å². The average molecular weight is 355 g/mol. The van der Waals surface area contributed by atoms with Crippen LogP contribution in [0.5, 0.6) is 0 Å². The fourth-order valence-corrected chi connectivity index (χ4v) is 2.73. The van der Waals surface area contributed by atoms with Crippen molar-refractivity contribution in [1.82, 2.24) is 5.32 Å². The quantitative estimate of drug-likeness (QED) is 0.652. The molecule has 1 fully saturated rings. The number of anilines is 1. The van der Waals surface area contributed by atoms with Gasteiger partial charge in [-0.25, -0.2) is 9.38 Å². The van der Waals surface area contributed by atoms with E-state index < -0.39 is 0 Å². The van der Waals surface area contributed by atoms with E-state index in [0.29, 0.717) is 18.1 Å². The van der Waals surface area contributed by atoms with E-state index in [-0.39, 0.29) is 17.8 Å². The van der Waals surface area contributed by atoms with Crippen LogP contribution < -0.4 is 10.6 Å². The zero-order chi connectivity index (χ0) is 18.4. The Hall–Kier alpha value is -2.73. The molecule has 2 aromatic carbocycles. The Bertz CT molecular complexity index is 784. The minimum atomic E-state index is -0.383. The van der Waals surface area contributed by atoms with Crippen LogP contribution in [0.25, 0.3) is 0 Å². The number of aliphatic imine (C=N–C) groups is 1. The molecule has 3 rings (SSSR count). The molecule has 0 aromatic heterocycles. The fraction of sp³-hybridized carbons (Fsp3) is 0.300. The summed E-state index contributed by atoms with van der Waals surface area (Å²) in [5, 5.41) is 5.91. The lowest BCUT2D eigenvalue weighted by atomic mass is 10.2. The SMILES string of the molecule is Cc1cccc(NC(=NC[C@H]2CCCO2)NC(=O)c2ccc(F)cc2)c1. The first-order valence-corrected chi connectivity index (χ1v) is 8.67. The second kappa shape index (κ2) is 8.58. The van der Waals surface area contributed by atoms with Crippen LogP contribution >= 0.6 is 0 Å². The summed E-state index contributed by atoms with van der Waals surface area (Å²) in [5.74, 6) is -0.386. The van der Waals surface area contributed by atoms with E-state index in [9.17, 15) is 9.18 Å². The molecule has 1 atom stereocenters. The number of nitrogens with zero attached hydrogens (tertiary/aromatic N) is 1. The normalized spacial score (nSPS) is 17.2. The van der Waals surface area contributed by atoms with E-state index in [2.05, 4.69) is 15.6 Å². The first kappa shape index (κ1) is 18.1. The number of halogens is 1. The van der Waals surface area contributed by atoms with Gasteiger partial charge in [-0.1, -0.05) is 12.1 Å². The smallest absolute Gasteiger partial charge is 0.257 e. The predicted octanol–water partition coefficient (Wildman–Crippen LogP) is 3.51. The summed E-state index contributed by atoms with van der Waals surface area (Å²) in [6.07, 6.45) is 2.07. The van der Waals surface area contributed by atoms with Crippen molar-refractivity contribution in [1.29, 1.82) is 0 Å². The van der Waals surface area contributed by atoms with Crippen LogP contribution in [0.4, 0.5) is 10.1 Å². The molecule has 1 amide bonds. The maximum atomic E-state index is 13.0. The van der Waals surface area contributed by atoms with Gasteiger partial charge >= 0.3 is 0 Å². The number of aryl methyl sites for hydroxylation is 1. The first-order valence-electron chi connectivity index (χ1n) is 8.67. The van der Waals surface area contributed by atoms with Crippen LogP contribution in [-0.4, -0.2) is 31.1 Å². The van der Waals surface area contributed by atoms with Crippen molar-refractivity contribution in [3.05, 3.63) is 65.5 Å². The summed E-state index contributed by atoms with van der Waals surface area (Å²) in [7, 11) is 0. The van der Waals surface area contributed by atoms with Crippen LogP contribution in [0.1, 0.15) is 28.8 Å². The molecule has 0 saturated carbocycles. The Morgan fingerprint density at radius 3 is 2.77 bits per heavy atom. The highest BCUT2D eigenvalue weighted by atomic mass is 19.1. The van der Waals surface area contributed by atoms with Gasteiger partial charge in [0.05, 0.1) is 12.6 Å². The molecule has 1 aliphatic rings. The van der Waals surface area contributed by atoms with E-state index >= 15 is 0 Å². The van der Waals surface area contributed by atoms with Crippen LogP contribution in [0.15, 0.2) is 53.5 Å². The van der Waals surface area contributed by atoms with Gasteiger partial charge in [-0.15, -0.1) is 0 Å². The molecule has 26 heavy (non-hydrogen) atoms. The highest BCUT2D eigenvalue weighted by molar-refractivity contribution is 6.09. The van der Waals surface area contributed by atoms with Crippen molar-refractivity contribution in [2.45, 2.75) is 25.9 Å². The summed E-state index contributed by atoms with van der Waals surface area (Å²) in [5.41, 5.74) is 2.29. The lowest BCUT2D eigenvalue weighted by Crippen LogP contribution is -2.36. The fourth-order valence-electron chi connectivity index (χ4n) is 2.73. The van der Waals surface area contributed by atoms with Gasteiger partial charge in [0.2, 0.25) is 5.96 Å². The van der Waals surface area contributed by atoms with Gasteiger partial charge in [0.1, 0.15) is 5.82 Å². The number of benzene rings is 2. The van der Waals surface area contributed by atoms with E-state index in [1.807, 2.05) is 31.2 Å². The standard InChI is InChI=1S/C20H22FN3O2/c1-14-4-2-5-17(12-14)23-20(22-13-18-6-3-11-26-18)24-19(25)15-7-9-16(21)10-8-15/h2,4-5,7-10,12,18H,3,6,11,13H2,1H3,(H2,22,23,24,25)/t18-/m1/s1. The van der Waals surface area contributed by atoms with E-state index in [0.717, 1.165) is 30.7 Å². The van der Waals surface area contributed by atoms with Gasteiger partial charge < -0.3 is 10.1 Å². The second-order valence-electron chi connectivity index (χ2n) is 6.28. The Morgan fingerprint density at radius 2 is 2.08 bits per heavy atom. The molecular weight excluding hydrogens is 333 g/mol. The maximum Gasteiger partial charge on any atom is 0.257 e. The minimum absolute atomic E-state index is 0.0760. The number of hydrogen-bond donors (Lipinski definition) is 2. The molecule has 136 valence electrons. The predicted molar refractivity (Wildman–Crippen MR) is 99.9 cm³/mol. The van der Waals surface area contributed by atoms with Crippen LogP contribution in [0.2, 0.25) is 0 Å². The summed E-state index contributed by atoms with van der Waals surface area (Å²) < 4.78 is 18.6. The molecule has 6 heteroatoms. The zero-order valence-electron chi connectivity index (χ0n) is 14.7. The second-order valence-corrected chi connectivity index (χ2v) is 6.28. The Balaban J connectivity index is 1.73. The van der Waals surface area contributed by atoms with Crippen molar-refractivity contribution in [2.75, 3.05) is 18.5 Å². The van der Waals surface area contributed by atoms with Gasteiger partial charge in [0, 0.05) is 17.9 Å². The molecule has 0 unspecified atom stereocenters. The van der Waals surface area contributed by atoms with Crippen molar-refractivity contribution in [2.24, 2.45) is 4.99 Å². The Kier molecular flexibility index (Phi) is 5.96. The van der Waals surface area contributed by atoms with Gasteiger partial charge in [-0.3, -0.25) is 10.1 Å². The molecule has 5 nitrogen and oxygen atoms in total. The van der Waals surface area contributed by atoms with Gasteiger partial charge in [-0.2, -0.15) is 0 Å². The molecule has 0 aliphatic carbocycles. The van der Waals surface area contributed by atoms with Crippen molar-refractivity contribution in [3.63, 3.8) is 0 Å². The summed E-state index contributed by atoms with van der Waals surface area (Å²) in [4.78, 5) is 16.9. The molecule has 1 heterocycles. The zero-order valence-corrected chi connectivity index (χ0v) is 14.7. The largest absolute Gasteiger partial charge is 0.376 e. The molecule has 0 bridgehead atoms. The third kappa shape index (κ3) is 5.13. The first-order chi connectivity index (χ1) is 12.6. The minimum Gasteiger partial charge on any atom is -0.376 e. The number of nitrogens with one attached hydrogen (secondary N) is 2. The number of carbonyl (C=O) groups is 1. The molecule has 0 radical (unpaired) electrons. The average Bonchev–Trinajstić information content (AvgIpc) is 3.14. The maximum absolute atomic E-state index is 13.0. The monoisotopic (exact) mass is 355 g/mol. The van der Waals surface area contributed by atoms with Crippen LogP contribution in [0.3, 0.4) is 0 Å². The topological polar surface area (TPSA) is 62.7 Å². The van der Waals surface area contributed by atoms with Gasteiger partial charge in [-0.05, 0) is 61.7 Å². The van der Waals surface area contributed by atoms with Crippen LogP contribution in [0, 0.1) is 12.7 Å². The number of ether oxygens (including phenoxy) is 1. The number of rotatable bonds is 4.